The Morgan fingerprint density at radius 3 is 2.50 bits per heavy atom. The van der Waals surface area contributed by atoms with Gasteiger partial charge in [-0.05, 0) is 54.8 Å². The summed E-state index contributed by atoms with van der Waals surface area (Å²) in [4.78, 5) is 14.7. The molecule has 1 N–H and O–H groups in total. The summed E-state index contributed by atoms with van der Waals surface area (Å²) in [7, 11) is -3.25. The molecule has 1 aliphatic rings. The van der Waals surface area contributed by atoms with Gasteiger partial charge in [0, 0.05) is 19.3 Å². The van der Waals surface area contributed by atoms with Crippen molar-refractivity contribution in [2.24, 2.45) is 0 Å². The summed E-state index contributed by atoms with van der Waals surface area (Å²) < 4.78 is 38.1. The lowest BCUT2D eigenvalue weighted by Crippen LogP contribution is -2.42. The average molecular weight is 428 g/mol. The molecule has 2 amide bonds. The van der Waals surface area contributed by atoms with E-state index in [0.29, 0.717) is 6.54 Å². The van der Waals surface area contributed by atoms with Gasteiger partial charge in [-0.1, -0.05) is 12.1 Å². The number of rotatable bonds is 4. The van der Waals surface area contributed by atoms with E-state index in [0.717, 1.165) is 41.7 Å². The number of carbonyl (C=O) groups is 1. The van der Waals surface area contributed by atoms with Gasteiger partial charge in [-0.3, -0.25) is 4.90 Å². The van der Waals surface area contributed by atoms with Crippen LogP contribution in [0.4, 0.5) is 14.9 Å². The molecule has 3 aromatic rings. The highest BCUT2D eigenvalue weighted by molar-refractivity contribution is 7.90. The predicted octanol–water partition coefficient (Wildman–Crippen LogP) is 3.08. The molecule has 156 valence electrons. The van der Waals surface area contributed by atoms with Crippen LogP contribution in [-0.4, -0.2) is 37.0 Å². The first kappa shape index (κ1) is 20.1. The van der Waals surface area contributed by atoms with Crippen LogP contribution in [0, 0.1) is 5.82 Å². The second-order valence-corrected chi connectivity index (χ2v) is 9.21. The Morgan fingerprint density at radius 1 is 1.13 bits per heavy atom. The number of halogens is 1. The number of hydrogen-bond donors (Lipinski definition) is 1. The zero-order valence-electron chi connectivity index (χ0n) is 16.4. The Bertz CT molecular complexity index is 1170. The Kier molecular flexibility index (Phi) is 5.29. The zero-order valence-corrected chi connectivity index (χ0v) is 17.2. The third kappa shape index (κ3) is 4.06. The summed E-state index contributed by atoms with van der Waals surface area (Å²) in [5.74, 6) is -0.314. The molecule has 30 heavy (non-hydrogen) atoms. The largest absolute Gasteiger partial charge is 0.334 e. The van der Waals surface area contributed by atoms with Crippen molar-refractivity contribution in [3.05, 3.63) is 71.8 Å². The van der Waals surface area contributed by atoms with E-state index in [2.05, 4.69) is 10.4 Å². The SMILES string of the molecule is CS(=O)(=O)c1ccc(CNC(=O)N2CCCc3c2cnn3-c2ccc(F)cc2)cc1. The fourth-order valence-electron chi connectivity index (χ4n) is 3.49. The topological polar surface area (TPSA) is 84.3 Å². The van der Waals surface area contributed by atoms with Crippen LogP contribution in [0.15, 0.2) is 59.6 Å². The van der Waals surface area contributed by atoms with Crippen molar-refractivity contribution in [2.75, 3.05) is 17.7 Å². The van der Waals surface area contributed by atoms with Crippen LogP contribution >= 0.6 is 0 Å². The minimum atomic E-state index is -3.25. The zero-order chi connectivity index (χ0) is 21.3. The van der Waals surface area contributed by atoms with Crippen LogP contribution in [0.25, 0.3) is 5.69 Å². The Labute approximate surface area is 174 Å². The molecule has 0 unspecified atom stereocenters. The summed E-state index contributed by atoms with van der Waals surface area (Å²) in [6.45, 7) is 0.849. The van der Waals surface area contributed by atoms with Gasteiger partial charge in [0.05, 0.1) is 28.2 Å². The number of nitrogens with one attached hydrogen (secondary N) is 1. The molecule has 1 aromatic heterocycles. The summed E-state index contributed by atoms with van der Waals surface area (Å²) >= 11 is 0. The monoisotopic (exact) mass is 428 g/mol. The van der Waals surface area contributed by atoms with E-state index in [1.165, 1.54) is 24.3 Å². The van der Waals surface area contributed by atoms with Crippen molar-refractivity contribution in [3.63, 3.8) is 0 Å². The van der Waals surface area contributed by atoms with Crippen LogP contribution < -0.4 is 10.2 Å². The molecule has 1 aliphatic heterocycles. The normalized spacial score (nSPS) is 13.7. The molecule has 0 fully saturated rings. The molecular weight excluding hydrogens is 407 g/mol. The molecule has 0 saturated carbocycles. The predicted molar refractivity (Wildman–Crippen MR) is 111 cm³/mol. The standard InChI is InChI=1S/C21H21FN4O3S/c1-30(28,29)18-10-4-15(5-11-18)13-23-21(27)25-12-2-3-19-20(25)14-24-26(19)17-8-6-16(22)7-9-17/h4-11,14H,2-3,12-13H2,1H3,(H,23,27). The smallest absolute Gasteiger partial charge is 0.322 e. The number of urea groups is 1. The van der Waals surface area contributed by atoms with Crippen molar-refractivity contribution in [1.29, 1.82) is 0 Å². The second-order valence-electron chi connectivity index (χ2n) is 7.19. The van der Waals surface area contributed by atoms with Crippen molar-refractivity contribution in [3.8, 4) is 5.69 Å². The van der Waals surface area contributed by atoms with E-state index < -0.39 is 9.84 Å². The molecule has 0 radical (unpaired) electrons. The lowest BCUT2D eigenvalue weighted by molar-refractivity contribution is 0.245. The maximum absolute atomic E-state index is 13.2. The van der Waals surface area contributed by atoms with Gasteiger partial charge >= 0.3 is 6.03 Å². The van der Waals surface area contributed by atoms with Crippen molar-refractivity contribution >= 4 is 21.6 Å². The number of carbonyl (C=O) groups excluding carboxylic acids is 1. The molecule has 9 heteroatoms. The fourth-order valence-corrected chi connectivity index (χ4v) is 4.12. The minimum absolute atomic E-state index is 0.242. The van der Waals surface area contributed by atoms with Gasteiger partial charge in [0.15, 0.2) is 9.84 Å². The minimum Gasteiger partial charge on any atom is -0.334 e. The average Bonchev–Trinajstić information content (AvgIpc) is 3.16. The maximum Gasteiger partial charge on any atom is 0.322 e. The molecule has 0 bridgehead atoms. The number of hydrogen-bond acceptors (Lipinski definition) is 4. The molecular formula is C21H21FN4O3S. The molecule has 2 heterocycles. The first-order valence-electron chi connectivity index (χ1n) is 9.50. The van der Waals surface area contributed by atoms with Crippen LogP contribution in [0.1, 0.15) is 17.7 Å². The first-order valence-corrected chi connectivity index (χ1v) is 11.4. The first-order chi connectivity index (χ1) is 14.3. The quantitative estimate of drug-likeness (QED) is 0.692. The lowest BCUT2D eigenvalue weighted by atomic mass is 10.1. The van der Waals surface area contributed by atoms with E-state index in [1.807, 2.05) is 0 Å². The molecule has 0 spiro atoms. The Hall–Kier alpha value is -3.20. The summed E-state index contributed by atoms with van der Waals surface area (Å²) in [6.07, 6.45) is 4.36. The van der Waals surface area contributed by atoms with Gasteiger partial charge in [-0.15, -0.1) is 0 Å². The third-order valence-corrected chi connectivity index (χ3v) is 6.17. The summed E-state index contributed by atoms with van der Waals surface area (Å²) in [5, 5.41) is 7.27. The van der Waals surface area contributed by atoms with E-state index in [9.17, 15) is 17.6 Å². The van der Waals surface area contributed by atoms with Crippen LogP contribution in [0.3, 0.4) is 0 Å². The number of sulfone groups is 1. The van der Waals surface area contributed by atoms with Crippen LogP contribution in [-0.2, 0) is 22.8 Å². The van der Waals surface area contributed by atoms with Gasteiger partial charge < -0.3 is 5.32 Å². The molecule has 7 nitrogen and oxygen atoms in total. The van der Waals surface area contributed by atoms with Gasteiger partial charge in [0.25, 0.3) is 0 Å². The van der Waals surface area contributed by atoms with E-state index in [1.54, 1.807) is 40.0 Å². The lowest BCUT2D eigenvalue weighted by Gasteiger charge is -2.27. The molecule has 0 aliphatic carbocycles. The van der Waals surface area contributed by atoms with Crippen LogP contribution in [0.5, 0.6) is 0 Å². The van der Waals surface area contributed by atoms with Gasteiger partial charge in [0.1, 0.15) is 5.82 Å². The maximum atomic E-state index is 13.2. The number of nitrogens with zero attached hydrogens (tertiary/aromatic N) is 3. The summed E-state index contributed by atoms with van der Waals surface area (Å²) in [5.41, 5.74) is 3.18. The summed E-state index contributed by atoms with van der Waals surface area (Å²) in [6, 6.07) is 12.3. The molecule has 0 saturated heterocycles. The highest BCUT2D eigenvalue weighted by Gasteiger charge is 2.26. The van der Waals surface area contributed by atoms with Crippen molar-refractivity contribution in [2.45, 2.75) is 24.3 Å². The Morgan fingerprint density at radius 2 is 1.83 bits per heavy atom. The van der Waals surface area contributed by atoms with E-state index in [-0.39, 0.29) is 23.3 Å². The number of fused-ring (bicyclic) bond motifs is 1. The highest BCUT2D eigenvalue weighted by Crippen LogP contribution is 2.29. The van der Waals surface area contributed by atoms with Crippen molar-refractivity contribution < 1.29 is 17.6 Å². The van der Waals surface area contributed by atoms with E-state index in [4.69, 9.17) is 0 Å². The molecule has 0 atom stereocenters. The highest BCUT2D eigenvalue weighted by atomic mass is 32.2. The van der Waals surface area contributed by atoms with Crippen LogP contribution in [0.2, 0.25) is 0 Å². The third-order valence-electron chi connectivity index (χ3n) is 5.04. The van der Waals surface area contributed by atoms with Gasteiger partial charge in [-0.25, -0.2) is 22.3 Å². The Balaban J connectivity index is 1.48. The van der Waals surface area contributed by atoms with Crippen molar-refractivity contribution in [1.82, 2.24) is 15.1 Å². The molecule has 2 aromatic carbocycles. The van der Waals surface area contributed by atoms with E-state index >= 15 is 0 Å². The second kappa shape index (κ2) is 7.91. The molecule has 4 rings (SSSR count). The van der Waals surface area contributed by atoms with Gasteiger partial charge in [-0.2, -0.15) is 5.10 Å². The number of aromatic nitrogens is 2. The van der Waals surface area contributed by atoms with Gasteiger partial charge in [0.2, 0.25) is 0 Å². The fraction of sp³-hybridized carbons (Fsp3) is 0.238. The number of benzene rings is 2. The number of amides is 2. The number of anilines is 1.